The first-order chi connectivity index (χ1) is 8.70. The van der Waals surface area contributed by atoms with Gasteiger partial charge in [-0.3, -0.25) is 0 Å². The lowest BCUT2D eigenvalue weighted by Gasteiger charge is -2.11. The number of hydrogen-bond donors (Lipinski definition) is 2. The minimum atomic E-state index is -0.350. The van der Waals surface area contributed by atoms with Gasteiger partial charge in [-0.15, -0.1) is 0 Å². The molecule has 0 amide bonds. The summed E-state index contributed by atoms with van der Waals surface area (Å²) in [6.45, 7) is 0.0374. The third kappa shape index (κ3) is 3.10. The summed E-state index contributed by atoms with van der Waals surface area (Å²) < 4.78 is 15.8. The molecule has 0 bridgehead atoms. The fourth-order valence-corrected chi connectivity index (χ4v) is 1.80. The number of nitrogens with zero attached hydrogens (tertiary/aromatic N) is 2. The first-order valence-electron chi connectivity index (χ1n) is 5.19. The van der Waals surface area contributed by atoms with Crippen LogP contribution in [0.3, 0.4) is 0 Å². The van der Waals surface area contributed by atoms with Gasteiger partial charge in [0.1, 0.15) is 18.8 Å². The number of aliphatic hydroxyl groups excluding tert-OH is 1. The van der Waals surface area contributed by atoms with Gasteiger partial charge in [-0.2, -0.15) is 4.73 Å². The summed E-state index contributed by atoms with van der Waals surface area (Å²) in [6, 6.07) is 4.86. The van der Waals surface area contributed by atoms with Gasteiger partial charge in [0.15, 0.2) is 5.82 Å². The van der Waals surface area contributed by atoms with E-state index in [9.17, 15) is 4.39 Å². The lowest BCUT2D eigenvalue weighted by Crippen LogP contribution is -2.16. The van der Waals surface area contributed by atoms with Crippen molar-refractivity contribution in [1.29, 1.82) is 0 Å². The van der Waals surface area contributed by atoms with Gasteiger partial charge in [0.25, 0.3) is 0 Å². The number of imidazole rings is 1. The van der Waals surface area contributed by atoms with Gasteiger partial charge < -0.3 is 15.3 Å². The fraction of sp³-hybridized carbons (Fsp3) is 0.182. The van der Waals surface area contributed by atoms with Gasteiger partial charge in [0, 0.05) is 3.57 Å². The van der Waals surface area contributed by atoms with Crippen LogP contribution in [0.4, 0.5) is 15.9 Å². The van der Waals surface area contributed by atoms with Crippen molar-refractivity contribution < 1.29 is 14.3 Å². The second-order valence-electron chi connectivity index (χ2n) is 3.41. The van der Waals surface area contributed by atoms with Gasteiger partial charge in [0.05, 0.1) is 18.5 Å². The van der Waals surface area contributed by atoms with E-state index in [1.165, 1.54) is 23.3 Å². The van der Waals surface area contributed by atoms with Crippen LogP contribution in [0.2, 0.25) is 0 Å². The molecule has 2 aromatic rings. The van der Waals surface area contributed by atoms with E-state index >= 15 is 0 Å². The maximum atomic E-state index is 13.6. The molecular formula is C11H11FIN3O2. The Hall–Kier alpha value is -1.35. The quantitative estimate of drug-likeness (QED) is 0.796. The van der Waals surface area contributed by atoms with E-state index in [0.717, 1.165) is 3.57 Å². The molecule has 7 heteroatoms. The van der Waals surface area contributed by atoms with Crippen molar-refractivity contribution in [1.82, 2.24) is 9.71 Å². The molecule has 1 aromatic carbocycles. The highest BCUT2D eigenvalue weighted by Gasteiger charge is 2.07. The van der Waals surface area contributed by atoms with E-state index in [1.54, 1.807) is 12.1 Å². The molecule has 2 N–H and O–H groups in total. The van der Waals surface area contributed by atoms with Gasteiger partial charge >= 0.3 is 0 Å². The Balaban J connectivity index is 2.15. The van der Waals surface area contributed by atoms with E-state index in [2.05, 4.69) is 10.3 Å². The normalized spacial score (nSPS) is 10.4. The second kappa shape index (κ2) is 6.01. The first kappa shape index (κ1) is 13.1. The number of anilines is 2. The van der Waals surface area contributed by atoms with Crippen molar-refractivity contribution >= 4 is 34.1 Å². The molecule has 0 fully saturated rings. The van der Waals surface area contributed by atoms with Crippen molar-refractivity contribution in [3.05, 3.63) is 40.1 Å². The van der Waals surface area contributed by atoms with Crippen LogP contribution >= 0.6 is 22.6 Å². The maximum Gasteiger partial charge on any atom is 0.167 e. The average molecular weight is 363 g/mol. The van der Waals surface area contributed by atoms with Crippen LogP contribution < -0.4 is 10.2 Å². The molecule has 0 unspecified atom stereocenters. The monoisotopic (exact) mass is 363 g/mol. The molecule has 0 atom stereocenters. The Kier molecular flexibility index (Phi) is 4.37. The van der Waals surface area contributed by atoms with E-state index < -0.39 is 0 Å². The van der Waals surface area contributed by atoms with Crippen molar-refractivity contribution in [2.45, 2.75) is 0 Å². The molecule has 1 heterocycles. The number of nitrogens with one attached hydrogen (secondary N) is 1. The van der Waals surface area contributed by atoms with E-state index in [0.29, 0.717) is 11.5 Å². The molecule has 5 nitrogen and oxygen atoms in total. The number of rotatable bonds is 5. The van der Waals surface area contributed by atoms with E-state index in [1.807, 2.05) is 22.6 Å². The average Bonchev–Trinajstić information content (AvgIpc) is 2.77. The smallest absolute Gasteiger partial charge is 0.167 e. The number of halogens is 2. The zero-order chi connectivity index (χ0) is 13.0. The summed E-state index contributed by atoms with van der Waals surface area (Å²) in [5, 5.41) is 11.6. The number of hydrogen-bond acceptors (Lipinski definition) is 4. The lowest BCUT2D eigenvalue weighted by atomic mass is 10.3. The number of aliphatic hydroxyl groups is 1. The fourth-order valence-electron chi connectivity index (χ4n) is 1.34. The van der Waals surface area contributed by atoms with Crippen molar-refractivity contribution in [3.63, 3.8) is 0 Å². The lowest BCUT2D eigenvalue weighted by molar-refractivity contribution is 0.0786. The van der Waals surface area contributed by atoms with Crippen molar-refractivity contribution in [3.8, 4) is 0 Å². The van der Waals surface area contributed by atoms with Crippen LogP contribution in [0.15, 0.2) is 30.7 Å². The van der Waals surface area contributed by atoms with E-state index in [-0.39, 0.29) is 19.0 Å². The van der Waals surface area contributed by atoms with Crippen molar-refractivity contribution in [2.75, 3.05) is 18.5 Å². The maximum absolute atomic E-state index is 13.6. The molecule has 18 heavy (non-hydrogen) atoms. The third-order valence-electron chi connectivity index (χ3n) is 2.12. The predicted molar refractivity (Wildman–Crippen MR) is 73.2 cm³/mol. The van der Waals surface area contributed by atoms with Crippen LogP contribution in [0, 0.1) is 9.39 Å². The molecule has 0 aliphatic rings. The van der Waals surface area contributed by atoms with Gasteiger partial charge in [-0.05, 0) is 40.8 Å². The van der Waals surface area contributed by atoms with Crippen LogP contribution in [-0.2, 0) is 0 Å². The molecule has 0 aliphatic carbocycles. The topological polar surface area (TPSA) is 59.3 Å². The summed E-state index contributed by atoms with van der Waals surface area (Å²) in [5.74, 6) is 0.139. The summed E-state index contributed by atoms with van der Waals surface area (Å²) in [5.41, 5.74) is 0.338. The SMILES string of the molecule is OCCOn1cncc1Nc1ccc(I)cc1F. The Bertz CT molecular complexity index is 533. The minimum Gasteiger partial charge on any atom is -0.408 e. The molecule has 96 valence electrons. The molecule has 0 saturated heterocycles. The van der Waals surface area contributed by atoms with Crippen LogP contribution in [0.5, 0.6) is 0 Å². The second-order valence-corrected chi connectivity index (χ2v) is 4.66. The highest BCUT2D eigenvalue weighted by atomic mass is 127. The Morgan fingerprint density at radius 2 is 2.33 bits per heavy atom. The molecule has 0 radical (unpaired) electrons. The molecule has 1 aromatic heterocycles. The van der Waals surface area contributed by atoms with Crippen LogP contribution in [-0.4, -0.2) is 28.0 Å². The first-order valence-corrected chi connectivity index (χ1v) is 6.27. The minimum absolute atomic E-state index is 0.102. The third-order valence-corrected chi connectivity index (χ3v) is 2.79. The summed E-state index contributed by atoms with van der Waals surface area (Å²) in [4.78, 5) is 9.07. The number of aromatic nitrogens is 2. The largest absolute Gasteiger partial charge is 0.408 e. The summed E-state index contributed by atoms with van der Waals surface area (Å²) >= 11 is 2.04. The summed E-state index contributed by atoms with van der Waals surface area (Å²) in [7, 11) is 0. The zero-order valence-electron chi connectivity index (χ0n) is 9.31. The summed E-state index contributed by atoms with van der Waals surface area (Å²) in [6.07, 6.45) is 2.94. The van der Waals surface area contributed by atoms with Crippen LogP contribution in [0.1, 0.15) is 0 Å². The highest BCUT2D eigenvalue weighted by Crippen LogP contribution is 2.21. The van der Waals surface area contributed by atoms with Crippen molar-refractivity contribution in [2.24, 2.45) is 0 Å². The van der Waals surface area contributed by atoms with Gasteiger partial charge in [-0.25, -0.2) is 9.37 Å². The highest BCUT2D eigenvalue weighted by molar-refractivity contribution is 14.1. The standard InChI is InChI=1S/C11H11FIN3O2/c12-9-5-8(13)1-2-10(9)15-11-6-14-7-16(11)18-4-3-17/h1-2,5-7,15,17H,3-4H2. The van der Waals surface area contributed by atoms with E-state index in [4.69, 9.17) is 9.94 Å². The van der Waals surface area contributed by atoms with Gasteiger partial charge in [0.2, 0.25) is 0 Å². The number of benzene rings is 1. The van der Waals surface area contributed by atoms with Crippen LogP contribution in [0.25, 0.3) is 0 Å². The molecule has 0 aliphatic heterocycles. The molecule has 2 rings (SSSR count). The zero-order valence-corrected chi connectivity index (χ0v) is 11.5. The Labute approximate surface area is 117 Å². The Morgan fingerprint density at radius 1 is 1.50 bits per heavy atom. The molecule has 0 saturated carbocycles. The predicted octanol–water partition coefficient (Wildman–Crippen LogP) is 1.79. The van der Waals surface area contributed by atoms with Gasteiger partial charge in [-0.1, -0.05) is 0 Å². The molecular weight excluding hydrogens is 352 g/mol. The Morgan fingerprint density at radius 3 is 3.06 bits per heavy atom. The molecule has 0 spiro atoms.